The van der Waals surface area contributed by atoms with Gasteiger partial charge in [0.15, 0.2) is 0 Å². The first kappa shape index (κ1) is 13.9. The number of rotatable bonds is 5. The molecule has 0 spiro atoms. The van der Waals surface area contributed by atoms with Gasteiger partial charge in [-0.2, -0.15) is 5.10 Å². The Balaban J connectivity index is 2.05. The van der Waals surface area contributed by atoms with Gasteiger partial charge in [0, 0.05) is 19.6 Å². The second-order valence-corrected chi connectivity index (χ2v) is 5.53. The van der Waals surface area contributed by atoms with Crippen molar-refractivity contribution in [3.8, 4) is 0 Å². The van der Waals surface area contributed by atoms with Crippen LogP contribution in [0.3, 0.4) is 0 Å². The number of fused-ring (bicyclic) bond motifs is 1. The summed E-state index contributed by atoms with van der Waals surface area (Å²) in [5, 5.41) is 7.33. The van der Waals surface area contributed by atoms with Gasteiger partial charge in [-0.25, -0.2) is 8.78 Å². The summed E-state index contributed by atoms with van der Waals surface area (Å²) in [4.78, 5) is 2.11. The van der Waals surface area contributed by atoms with Crippen LogP contribution < -0.4 is 5.32 Å². The summed E-state index contributed by atoms with van der Waals surface area (Å²) in [6.45, 7) is 2.13. The average molecular weight is 323 g/mol. The predicted octanol–water partition coefficient (Wildman–Crippen LogP) is 1.49. The van der Waals surface area contributed by atoms with Crippen LogP contribution in [-0.2, 0) is 19.5 Å². The van der Waals surface area contributed by atoms with Crippen molar-refractivity contribution in [2.45, 2.75) is 25.4 Å². The normalized spacial score (nSPS) is 17.4. The lowest BCUT2D eigenvalue weighted by Crippen LogP contribution is -2.27. The Labute approximate surface area is 113 Å². The predicted molar refractivity (Wildman–Crippen MR) is 68.8 cm³/mol. The van der Waals surface area contributed by atoms with Crippen LogP contribution in [0.15, 0.2) is 4.47 Å². The van der Waals surface area contributed by atoms with E-state index in [1.807, 2.05) is 14.1 Å². The molecular weight excluding hydrogens is 306 g/mol. The topological polar surface area (TPSA) is 33.1 Å². The Hall–Kier alpha value is -0.530. The largest absolute Gasteiger partial charge is 0.318 e. The van der Waals surface area contributed by atoms with E-state index in [1.54, 1.807) is 0 Å². The number of likely N-dealkylation sites (N-methyl/N-ethyl adjacent to an activating group) is 2. The molecule has 2 rings (SSSR count). The number of nitrogens with zero attached hydrogens (tertiary/aromatic N) is 3. The van der Waals surface area contributed by atoms with Crippen molar-refractivity contribution in [2.24, 2.45) is 0 Å². The second-order valence-electron chi connectivity index (χ2n) is 4.74. The molecule has 2 heterocycles. The van der Waals surface area contributed by atoms with Crippen LogP contribution >= 0.6 is 15.9 Å². The number of alkyl halides is 2. The zero-order chi connectivity index (χ0) is 13.3. The van der Waals surface area contributed by atoms with E-state index in [0.29, 0.717) is 12.2 Å². The molecule has 0 saturated carbocycles. The standard InChI is InChI=1S/C11H17BrF2N4/c1-15-3-4-17(2)6-8-10(12)9-5-11(13,14)7-18(9)16-8/h15H,3-7H2,1-2H3. The lowest BCUT2D eigenvalue weighted by Gasteiger charge is -2.15. The van der Waals surface area contributed by atoms with E-state index in [4.69, 9.17) is 0 Å². The van der Waals surface area contributed by atoms with Gasteiger partial charge in [-0.3, -0.25) is 9.58 Å². The molecule has 1 N–H and O–H groups in total. The van der Waals surface area contributed by atoms with Gasteiger partial charge in [0.25, 0.3) is 5.92 Å². The number of aromatic nitrogens is 2. The Morgan fingerprint density at radius 2 is 2.28 bits per heavy atom. The highest BCUT2D eigenvalue weighted by molar-refractivity contribution is 9.10. The minimum absolute atomic E-state index is 0.221. The molecule has 102 valence electrons. The van der Waals surface area contributed by atoms with Gasteiger partial charge < -0.3 is 5.32 Å². The van der Waals surface area contributed by atoms with Crippen molar-refractivity contribution >= 4 is 15.9 Å². The molecule has 1 aliphatic rings. The lowest BCUT2D eigenvalue weighted by molar-refractivity contribution is 0.000743. The van der Waals surface area contributed by atoms with Gasteiger partial charge in [-0.05, 0) is 30.0 Å². The molecular formula is C11H17BrF2N4. The van der Waals surface area contributed by atoms with Crippen LogP contribution in [0.5, 0.6) is 0 Å². The number of hydrogen-bond acceptors (Lipinski definition) is 3. The van der Waals surface area contributed by atoms with Crippen LogP contribution in [0.25, 0.3) is 0 Å². The van der Waals surface area contributed by atoms with Crippen LogP contribution in [0.1, 0.15) is 11.4 Å². The lowest BCUT2D eigenvalue weighted by atomic mass is 10.2. The van der Waals surface area contributed by atoms with E-state index in [9.17, 15) is 8.78 Å². The maximum absolute atomic E-state index is 13.2. The molecule has 7 heteroatoms. The summed E-state index contributed by atoms with van der Waals surface area (Å²) in [5.41, 5.74) is 1.44. The molecule has 4 nitrogen and oxygen atoms in total. The van der Waals surface area contributed by atoms with Crippen LogP contribution in [0.4, 0.5) is 8.78 Å². The van der Waals surface area contributed by atoms with Crippen molar-refractivity contribution in [2.75, 3.05) is 27.2 Å². The quantitative estimate of drug-likeness (QED) is 0.891. The first-order valence-electron chi connectivity index (χ1n) is 5.88. The van der Waals surface area contributed by atoms with Crippen LogP contribution in [0.2, 0.25) is 0 Å². The second kappa shape index (κ2) is 5.22. The summed E-state index contributed by atoms with van der Waals surface area (Å²) >= 11 is 3.39. The Morgan fingerprint density at radius 3 is 2.89 bits per heavy atom. The van der Waals surface area contributed by atoms with E-state index in [1.165, 1.54) is 4.68 Å². The van der Waals surface area contributed by atoms with Crippen molar-refractivity contribution in [3.05, 3.63) is 15.9 Å². The van der Waals surface area contributed by atoms with Crippen LogP contribution in [-0.4, -0.2) is 47.8 Å². The SMILES string of the molecule is CNCCN(C)Cc1nn2c(c1Br)CC(F)(F)C2. The van der Waals surface area contributed by atoms with Gasteiger partial charge in [0.1, 0.15) is 6.54 Å². The molecule has 0 aromatic carbocycles. The van der Waals surface area contributed by atoms with Crippen LogP contribution in [0, 0.1) is 0 Å². The molecule has 0 amide bonds. The Bertz CT molecular complexity index is 433. The minimum Gasteiger partial charge on any atom is -0.318 e. The molecule has 18 heavy (non-hydrogen) atoms. The van der Waals surface area contributed by atoms with Gasteiger partial charge >= 0.3 is 0 Å². The first-order chi connectivity index (χ1) is 8.43. The maximum atomic E-state index is 13.2. The zero-order valence-corrected chi connectivity index (χ0v) is 12.1. The third kappa shape index (κ3) is 2.89. The summed E-state index contributed by atoms with van der Waals surface area (Å²) < 4.78 is 28.6. The number of nitrogens with one attached hydrogen (secondary N) is 1. The van der Waals surface area contributed by atoms with Gasteiger partial charge in [-0.15, -0.1) is 0 Å². The molecule has 0 radical (unpaired) electrons. The Kier molecular flexibility index (Phi) is 4.03. The van der Waals surface area contributed by atoms with E-state index in [-0.39, 0.29) is 13.0 Å². The summed E-state index contributed by atoms with van der Waals surface area (Å²) in [7, 11) is 3.89. The smallest absolute Gasteiger partial charge is 0.272 e. The fourth-order valence-corrected chi connectivity index (χ4v) is 2.64. The average Bonchev–Trinajstić information content (AvgIpc) is 2.71. The van der Waals surface area contributed by atoms with E-state index in [2.05, 4.69) is 31.2 Å². The molecule has 0 unspecified atom stereocenters. The van der Waals surface area contributed by atoms with Crippen molar-refractivity contribution in [1.82, 2.24) is 20.0 Å². The molecule has 1 aliphatic heterocycles. The summed E-state index contributed by atoms with van der Waals surface area (Å²) in [6, 6.07) is 0. The van der Waals surface area contributed by atoms with Gasteiger partial charge in [-0.1, -0.05) is 0 Å². The van der Waals surface area contributed by atoms with E-state index in [0.717, 1.165) is 23.3 Å². The summed E-state index contributed by atoms with van der Waals surface area (Å²) in [6.07, 6.45) is -0.221. The third-order valence-corrected chi connectivity index (χ3v) is 3.95. The highest BCUT2D eigenvalue weighted by Crippen LogP contribution is 2.35. The zero-order valence-electron chi connectivity index (χ0n) is 10.5. The highest BCUT2D eigenvalue weighted by atomic mass is 79.9. The van der Waals surface area contributed by atoms with Crippen molar-refractivity contribution in [1.29, 1.82) is 0 Å². The highest BCUT2D eigenvalue weighted by Gasteiger charge is 2.40. The number of hydrogen-bond donors (Lipinski definition) is 1. The molecule has 0 bridgehead atoms. The monoisotopic (exact) mass is 322 g/mol. The molecule has 0 aliphatic carbocycles. The van der Waals surface area contributed by atoms with E-state index >= 15 is 0 Å². The fraction of sp³-hybridized carbons (Fsp3) is 0.727. The first-order valence-corrected chi connectivity index (χ1v) is 6.67. The minimum atomic E-state index is -2.65. The molecule has 1 aromatic heterocycles. The molecule has 0 fully saturated rings. The fourth-order valence-electron chi connectivity index (χ4n) is 2.09. The van der Waals surface area contributed by atoms with Gasteiger partial charge in [0.2, 0.25) is 0 Å². The molecule has 0 atom stereocenters. The summed E-state index contributed by atoms with van der Waals surface area (Å²) in [5.74, 6) is -2.65. The number of halogens is 3. The Morgan fingerprint density at radius 1 is 1.56 bits per heavy atom. The van der Waals surface area contributed by atoms with E-state index < -0.39 is 5.92 Å². The van der Waals surface area contributed by atoms with Crippen molar-refractivity contribution < 1.29 is 8.78 Å². The van der Waals surface area contributed by atoms with Gasteiger partial charge in [0.05, 0.1) is 22.3 Å². The molecule has 1 aromatic rings. The van der Waals surface area contributed by atoms with Crippen molar-refractivity contribution in [3.63, 3.8) is 0 Å². The maximum Gasteiger partial charge on any atom is 0.272 e. The third-order valence-electron chi connectivity index (χ3n) is 3.03. The molecule has 0 saturated heterocycles.